The van der Waals surface area contributed by atoms with Crippen LogP contribution in [0.1, 0.15) is 24.4 Å². The van der Waals surface area contributed by atoms with E-state index in [1.54, 1.807) is 12.1 Å². The smallest absolute Gasteiger partial charge is 0.115 e. The van der Waals surface area contributed by atoms with Crippen LogP contribution in [0.5, 0.6) is 5.75 Å². The fourth-order valence-electron chi connectivity index (χ4n) is 2.24. The summed E-state index contributed by atoms with van der Waals surface area (Å²) in [4.78, 5) is 0. The van der Waals surface area contributed by atoms with E-state index in [1.807, 2.05) is 6.07 Å². The third kappa shape index (κ3) is 3.58. The summed E-state index contributed by atoms with van der Waals surface area (Å²) in [5, 5.41) is 12.8. The predicted molar refractivity (Wildman–Crippen MR) is 75.6 cm³/mol. The molecule has 0 bridgehead atoms. The van der Waals surface area contributed by atoms with Crippen molar-refractivity contribution in [2.75, 3.05) is 13.1 Å². The molecule has 1 aromatic rings. The van der Waals surface area contributed by atoms with Crippen molar-refractivity contribution >= 4 is 28.3 Å². The second-order valence-corrected chi connectivity index (χ2v) is 5.17. The van der Waals surface area contributed by atoms with Crippen molar-refractivity contribution in [1.82, 2.24) is 5.32 Å². The fourth-order valence-corrected chi connectivity index (χ4v) is 2.75. The first-order valence-corrected chi connectivity index (χ1v) is 6.42. The summed E-state index contributed by atoms with van der Waals surface area (Å²) in [5.74, 6) is 0.780. The minimum Gasteiger partial charge on any atom is -0.508 e. The molecule has 17 heavy (non-hydrogen) atoms. The topological polar surface area (TPSA) is 58.3 Å². The first-order valence-electron chi connectivity index (χ1n) is 5.63. The van der Waals surface area contributed by atoms with Gasteiger partial charge in [-0.05, 0) is 55.6 Å². The lowest BCUT2D eigenvalue weighted by molar-refractivity contribution is 0.321. The minimum atomic E-state index is 0. The minimum absolute atomic E-state index is 0. The number of phenolic OH excluding ortho intramolecular Hbond substituents is 1. The molecule has 96 valence electrons. The number of halogens is 2. The molecule has 1 fully saturated rings. The Hall–Kier alpha value is -0.290. The first-order chi connectivity index (χ1) is 7.68. The number of hydrogen-bond donors (Lipinski definition) is 3. The van der Waals surface area contributed by atoms with Crippen molar-refractivity contribution in [3.8, 4) is 5.75 Å². The summed E-state index contributed by atoms with van der Waals surface area (Å²) in [6, 6.07) is 5.29. The standard InChI is InChI=1S/C12H17BrN2O.ClH/c13-11-2-1-9(16)7-10(11)12(14)8-3-5-15-6-4-8;/h1-2,7-8,12,15-16H,3-6,14H2;1H/t12-;/m1./s1. The molecule has 0 amide bonds. The number of hydrogen-bond acceptors (Lipinski definition) is 3. The average molecular weight is 322 g/mol. The molecule has 0 radical (unpaired) electrons. The zero-order valence-electron chi connectivity index (χ0n) is 9.53. The zero-order chi connectivity index (χ0) is 11.5. The molecule has 4 N–H and O–H groups in total. The molecule has 5 heteroatoms. The van der Waals surface area contributed by atoms with Gasteiger partial charge in [-0.1, -0.05) is 15.9 Å². The van der Waals surface area contributed by atoms with Gasteiger partial charge in [0.2, 0.25) is 0 Å². The van der Waals surface area contributed by atoms with Crippen molar-refractivity contribution in [2.45, 2.75) is 18.9 Å². The zero-order valence-corrected chi connectivity index (χ0v) is 11.9. The summed E-state index contributed by atoms with van der Waals surface area (Å²) >= 11 is 3.49. The number of nitrogens with one attached hydrogen (secondary N) is 1. The van der Waals surface area contributed by atoms with Crippen LogP contribution in [0.3, 0.4) is 0 Å². The van der Waals surface area contributed by atoms with Crippen LogP contribution >= 0.6 is 28.3 Å². The average Bonchev–Trinajstić information content (AvgIpc) is 2.32. The van der Waals surface area contributed by atoms with E-state index in [9.17, 15) is 5.11 Å². The van der Waals surface area contributed by atoms with E-state index in [1.165, 1.54) is 0 Å². The Bertz CT molecular complexity index is 370. The number of phenols is 1. The monoisotopic (exact) mass is 320 g/mol. The summed E-state index contributed by atoms with van der Waals surface area (Å²) in [7, 11) is 0. The molecule has 0 unspecified atom stereocenters. The van der Waals surface area contributed by atoms with Crippen LogP contribution in [-0.2, 0) is 0 Å². The Balaban J connectivity index is 0.00000144. The van der Waals surface area contributed by atoms with Crippen molar-refractivity contribution in [3.05, 3.63) is 28.2 Å². The Labute approximate surface area is 116 Å². The first kappa shape index (κ1) is 14.8. The molecular weight excluding hydrogens is 304 g/mol. The van der Waals surface area contributed by atoms with Crippen molar-refractivity contribution < 1.29 is 5.11 Å². The summed E-state index contributed by atoms with van der Waals surface area (Å²) in [5.41, 5.74) is 7.28. The molecule has 1 heterocycles. The molecule has 0 saturated carbocycles. The van der Waals surface area contributed by atoms with Crippen LogP contribution in [0.25, 0.3) is 0 Å². The van der Waals surface area contributed by atoms with Crippen LogP contribution in [-0.4, -0.2) is 18.2 Å². The van der Waals surface area contributed by atoms with E-state index in [-0.39, 0.29) is 24.2 Å². The predicted octanol–water partition coefficient (Wildman–Crippen LogP) is 2.58. The third-order valence-corrected chi connectivity index (χ3v) is 3.95. The summed E-state index contributed by atoms with van der Waals surface area (Å²) in [6.07, 6.45) is 2.20. The largest absolute Gasteiger partial charge is 0.508 e. The Kier molecular flexibility index (Phi) is 5.73. The van der Waals surface area contributed by atoms with Gasteiger partial charge in [-0.25, -0.2) is 0 Å². The van der Waals surface area contributed by atoms with E-state index in [0.717, 1.165) is 36.0 Å². The van der Waals surface area contributed by atoms with Gasteiger partial charge in [0.15, 0.2) is 0 Å². The molecule has 3 nitrogen and oxygen atoms in total. The van der Waals surface area contributed by atoms with Crippen LogP contribution in [0, 0.1) is 5.92 Å². The highest BCUT2D eigenvalue weighted by Gasteiger charge is 2.23. The van der Waals surface area contributed by atoms with Gasteiger partial charge in [-0.15, -0.1) is 12.4 Å². The van der Waals surface area contributed by atoms with Gasteiger partial charge in [0.05, 0.1) is 0 Å². The van der Waals surface area contributed by atoms with E-state index < -0.39 is 0 Å². The molecule has 0 aromatic heterocycles. The van der Waals surface area contributed by atoms with E-state index in [2.05, 4.69) is 21.2 Å². The molecule has 1 saturated heterocycles. The third-order valence-electron chi connectivity index (χ3n) is 3.23. The lowest BCUT2D eigenvalue weighted by Crippen LogP contribution is -2.33. The summed E-state index contributed by atoms with van der Waals surface area (Å²) < 4.78 is 0.983. The molecule has 1 atom stereocenters. The van der Waals surface area contributed by atoms with Gasteiger partial charge in [-0.2, -0.15) is 0 Å². The molecule has 1 aromatic carbocycles. The quantitative estimate of drug-likeness (QED) is 0.784. The van der Waals surface area contributed by atoms with Crippen LogP contribution in [0.4, 0.5) is 0 Å². The number of rotatable bonds is 2. The maximum Gasteiger partial charge on any atom is 0.115 e. The van der Waals surface area contributed by atoms with Crippen molar-refractivity contribution in [1.29, 1.82) is 0 Å². The summed E-state index contributed by atoms with van der Waals surface area (Å²) in [6.45, 7) is 2.07. The normalized spacial score (nSPS) is 18.5. The number of benzene rings is 1. The fraction of sp³-hybridized carbons (Fsp3) is 0.500. The lowest BCUT2D eigenvalue weighted by atomic mass is 9.86. The van der Waals surface area contributed by atoms with Gasteiger partial charge < -0.3 is 16.2 Å². The number of nitrogens with two attached hydrogens (primary N) is 1. The van der Waals surface area contributed by atoms with Gasteiger partial charge >= 0.3 is 0 Å². The van der Waals surface area contributed by atoms with E-state index in [0.29, 0.717) is 5.92 Å². The Morgan fingerprint density at radius 1 is 1.35 bits per heavy atom. The molecular formula is C12H18BrClN2O. The highest BCUT2D eigenvalue weighted by atomic mass is 79.9. The highest BCUT2D eigenvalue weighted by Crippen LogP contribution is 2.33. The maximum atomic E-state index is 9.50. The van der Waals surface area contributed by atoms with Gasteiger partial charge in [-0.3, -0.25) is 0 Å². The Morgan fingerprint density at radius 3 is 2.65 bits per heavy atom. The number of piperidine rings is 1. The maximum absolute atomic E-state index is 9.50. The molecule has 2 rings (SSSR count). The Morgan fingerprint density at radius 2 is 2.00 bits per heavy atom. The second kappa shape index (κ2) is 6.59. The second-order valence-electron chi connectivity index (χ2n) is 4.32. The molecule has 0 aliphatic carbocycles. The number of aromatic hydroxyl groups is 1. The van der Waals surface area contributed by atoms with Crippen molar-refractivity contribution in [2.24, 2.45) is 11.7 Å². The van der Waals surface area contributed by atoms with Gasteiger partial charge in [0.25, 0.3) is 0 Å². The van der Waals surface area contributed by atoms with Gasteiger partial charge in [0, 0.05) is 10.5 Å². The highest BCUT2D eigenvalue weighted by molar-refractivity contribution is 9.10. The van der Waals surface area contributed by atoms with Gasteiger partial charge in [0.1, 0.15) is 5.75 Å². The van der Waals surface area contributed by atoms with Crippen LogP contribution in [0.15, 0.2) is 22.7 Å². The lowest BCUT2D eigenvalue weighted by Gasteiger charge is -2.29. The van der Waals surface area contributed by atoms with Crippen molar-refractivity contribution in [3.63, 3.8) is 0 Å². The molecule has 0 spiro atoms. The molecule has 1 aliphatic heterocycles. The van der Waals surface area contributed by atoms with E-state index in [4.69, 9.17) is 5.73 Å². The van der Waals surface area contributed by atoms with Crippen LogP contribution in [0.2, 0.25) is 0 Å². The van der Waals surface area contributed by atoms with E-state index >= 15 is 0 Å². The SMILES string of the molecule is Cl.N[C@@H](c1cc(O)ccc1Br)C1CCNCC1. The van der Waals surface area contributed by atoms with Crippen LogP contribution < -0.4 is 11.1 Å². The molecule has 1 aliphatic rings.